The van der Waals surface area contributed by atoms with Gasteiger partial charge in [-0.25, -0.2) is 0 Å². The van der Waals surface area contributed by atoms with Gasteiger partial charge >= 0.3 is 0 Å². The molecular weight excluding hydrogens is 220 g/mol. The van der Waals surface area contributed by atoms with Gasteiger partial charge < -0.3 is 9.80 Å². The van der Waals surface area contributed by atoms with Crippen LogP contribution in [0.25, 0.3) is 0 Å². The molecular formula is C16H26N2. The summed E-state index contributed by atoms with van der Waals surface area (Å²) >= 11 is 0. The lowest BCUT2D eigenvalue weighted by Gasteiger charge is -2.25. The van der Waals surface area contributed by atoms with Crippen molar-refractivity contribution in [2.45, 2.75) is 32.6 Å². The molecule has 18 heavy (non-hydrogen) atoms. The van der Waals surface area contributed by atoms with Crippen molar-refractivity contribution in [2.24, 2.45) is 0 Å². The number of hydrogen-bond acceptors (Lipinski definition) is 2. The molecule has 1 saturated heterocycles. The molecule has 0 radical (unpaired) electrons. The van der Waals surface area contributed by atoms with Gasteiger partial charge in [0.1, 0.15) is 0 Å². The van der Waals surface area contributed by atoms with Crippen molar-refractivity contribution in [1.29, 1.82) is 0 Å². The molecule has 2 nitrogen and oxygen atoms in total. The summed E-state index contributed by atoms with van der Waals surface area (Å²) in [5, 5.41) is 0. The van der Waals surface area contributed by atoms with Crippen LogP contribution < -0.4 is 4.90 Å². The maximum absolute atomic E-state index is 2.51. The lowest BCUT2D eigenvalue weighted by molar-refractivity contribution is 0.360. The van der Waals surface area contributed by atoms with Crippen molar-refractivity contribution in [3.63, 3.8) is 0 Å². The zero-order valence-corrected chi connectivity index (χ0v) is 12.2. The minimum Gasteiger partial charge on any atom is -0.370 e. The molecule has 1 aliphatic heterocycles. The Kier molecular flexibility index (Phi) is 3.96. The van der Waals surface area contributed by atoms with Gasteiger partial charge in [0.05, 0.1) is 0 Å². The second kappa shape index (κ2) is 5.31. The summed E-state index contributed by atoms with van der Waals surface area (Å²) in [5.74, 6) is 0. The third kappa shape index (κ3) is 3.26. The second-order valence-corrected chi connectivity index (χ2v) is 6.44. The van der Waals surface area contributed by atoms with Gasteiger partial charge in [0.2, 0.25) is 0 Å². The highest BCUT2D eigenvalue weighted by Crippen LogP contribution is 2.25. The largest absolute Gasteiger partial charge is 0.370 e. The quantitative estimate of drug-likeness (QED) is 0.751. The van der Waals surface area contributed by atoms with Crippen LogP contribution in [0.5, 0.6) is 0 Å². The molecule has 0 aliphatic carbocycles. The fourth-order valence-electron chi connectivity index (χ4n) is 2.48. The fraction of sp³-hybridized carbons (Fsp3) is 0.625. The average molecular weight is 246 g/mol. The van der Waals surface area contributed by atoms with E-state index >= 15 is 0 Å². The highest BCUT2D eigenvalue weighted by atomic mass is 15.2. The first kappa shape index (κ1) is 13.4. The van der Waals surface area contributed by atoms with E-state index in [1.165, 1.54) is 37.3 Å². The Morgan fingerprint density at radius 1 is 0.889 bits per heavy atom. The highest BCUT2D eigenvalue weighted by molar-refractivity contribution is 5.48. The first-order valence-electron chi connectivity index (χ1n) is 7.01. The Morgan fingerprint density at radius 2 is 1.56 bits per heavy atom. The average Bonchev–Trinajstić information content (AvgIpc) is 2.53. The summed E-state index contributed by atoms with van der Waals surface area (Å²) in [6.07, 6.45) is 1.26. The van der Waals surface area contributed by atoms with Crippen molar-refractivity contribution in [3.05, 3.63) is 29.8 Å². The molecule has 0 N–H and O–H groups in total. The highest BCUT2D eigenvalue weighted by Gasteiger charge is 2.15. The summed E-state index contributed by atoms with van der Waals surface area (Å²) in [5.41, 5.74) is 3.04. The fourth-order valence-corrected chi connectivity index (χ4v) is 2.48. The Labute approximate surface area is 112 Å². The standard InChI is InChI=1S/C16H26N2/c1-16(2,3)14-6-8-15(9-7-14)18-11-5-10-17(4)12-13-18/h6-9H,5,10-13H2,1-4H3. The van der Waals surface area contributed by atoms with Gasteiger partial charge in [0.25, 0.3) is 0 Å². The Hall–Kier alpha value is -1.02. The molecule has 1 aromatic rings. The van der Waals surface area contributed by atoms with Gasteiger partial charge in [0.15, 0.2) is 0 Å². The van der Waals surface area contributed by atoms with Crippen LogP contribution in [0.3, 0.4) is 0 Å². The summed E-state index contributed by atoms with van der Waals surface area (Å²) < 4.78 is 0. The molecule has 2 rings (SSSR count). The van der Waals surface area contributed by atoms with Crippen LogP contribution in [0.2, 0.25) is 0 Å². The third-order valence-corrected chi connectivity index (χ3v) is 3.82. The zero-order valence-electron chi connectivity index (χ0n) is 12.2. The molecule has 0 bridgehead atoms. The zero-order chi connectivity index (χ0) is 13.2. The smallest absolute Gasteiger partial charge is 0.0366 e. The van der Waals surface area contributed by atoms with Crippen LogP contribution in [0, 0.1) is 0 Å². The van der Waals surface area contributed by atoms with Crippen molar-refractivity contribution in [2.75, 3.05) is 38.1 Å². The number of hydrogen-bond donors (Lipinski definition) is 0. The van der Waals surface area contributed by atoms with Crippen LogP contribution in [-0.4, -0.2) is 38.1 Å². The molecule has 0 atom stereocenters. The van der Waals surface area contributed by atoms with E-state index in [1.54, 1.807) is 0 Å². The van der Waals surface area contributed by atoms with E-state index in [4.69, 9.17) is 0 Å². The van der Waals surface area contributed by atoms with Crippen molar-refractivity contribution >= 4 is 5.69 Å². The summed E-state index contributed by atoms with van der Waals surface area (Å²) in [6, 6.07) is 9.13. The van der Waals surface area contributed by atoms with E-state index in [9.17, 15) is 0 Å². The van der Waals surface area contributed by atoms with Crippen LogP contribution in [0.15, 0.2) is 24.3 Å². The number of benzene rings is 1. The van der Waals surface area contributed by atoms with Crippen molar-refractivity contribution in [3.8, 4) is 0 Å². The molecule has 1 aromatic carbocycles. The predicted molar refractivity (Wildman–Crippen MR) is 79.5 cm³/mol. The van der Waals surface area contributed by atoms with Crippen molar-refractivity contribution in [1.82, 2.24) is 4.90 Å². The van der Waals surface area contributed by atoms with E-state index < -0.39 is 0 Å². The first-order valence-corrected chi connectivity index (χ1v) is 7.01. The third-order valence-electron chi connectivity index (χ3n) is 3.82. The van der Waals surface area contributed by atoms with E-state index in [0.29, 0.717) is 0 Å². The van der Waals surface area contributed by atoms with Crippen LogP contribution in [0.1, 0.15) is 32.8 Å². The molecule has 1 aliphatic rings. The molecule has 0 saturated carbocycles. The maximum atomic E-state index is 2.51. The van der Waals surface area contributed by atoms with Gasteiger partial charge in [-0.2, -0.15) is 0 Å². The summed E-state index contributed by atoms with van der Waals surface area (Å²) in [7, 11) is 2.21. The number of nitrogens with zero attached hydrogens (tertiary/aromatic N) is 2. The van der Waals surface area contributed by atoms with Crippen LogP contribution >= 0.6 is 0 Å². The second-order valence-electron chi connectivity index (χ2n) is 6.44. The van der Waals surface area contributed by atoms with E-state index in [0.717, 1.165) is 6.54 Å². The number of anilines is 1. The molecule has 0 amide bonds. The molecule has 100 valence electrons. The first-order chi connectivity index (χ1) is 8.47. The molecule has 2 heteroatoms. The Morgan fingerprint density at radius 3 is 2.17 bits per heavy atom. The summed E-state index contributed by atoms with van der Waals surface area (Å²) in [6.45, 7) is 11.5. The SMILES string of the molecule is CN1CCCN(c2ccc(C(C)(C)C)cc2)CC1. The Bertz CT molecular complexity index is 375. The lowest BCUT2D eigenvalue weighted by atomic mass is 9.87. The molecule has 0 unspecified atom stereocenters. The Balaban J connectivity index is 2.09. The minimum atomic E-state index is 0.248. The molecule has 0 spiro atoms. The van der Waals surface area contributed by atoms with Gasteiger partial charge in [-0.05, 0) is 43.1 Å². The minimum absolute atomic E-state index is 0.248. The predicted octanol–water partition coefficient (Wildman–Crippen LogP) is 3.13. The number of rotatable bonds is 1. The topological polar surface area (TPSA) is 6.48 Å². The normalized spacial score (nSPS) is 18.8. The van der Waals surface area contributed by atoms with Gasteiger partial charge in [-0.15, -0.1) is 0 Å². The molecule has 1 fully saturated rings. The van der Waals surface area contributed by atoms with Gasteiger partial charge in [0, 0.05) is 25.3 Å². The van der Waals surface area contributed by atoms with Crippen LogP contribution in [0.4, 0.5) is 5.69 Å². The van der Waals surface area contributed by atoms with E-state index in [-0.39, 0.29) is 5.41 Å². The number of likely N-dealkylation sites (N-methyl/N-ethyl adjacent to an activating group) is 1. The van der Waals surface area contributed by atoms with Gasteiger partial charge in [-0.3, -0.25) is 0 Å². The van der Waals surface area contributed by atoms with Crippen molar-refractivity contribution < 1.29 is 0 Å². The molecule has 0 aromatic heterocycles. The van der Waals surface area contributed by atoms with E-state index in [2.05, 4.69) is 61.9 Å². The van der Waals surface area contributed by atoms with Crippen LogP contribution in [-0.2, 0) is 5.41 Å². The molecule has 1 heterocycles. The monoisotopic (exact) mass is 246 g/mol. The summed E-state index contributed by atoms with van der Waals surface area (Å²) in [4.78, 5) is 4.93. The maximum Gasteiger partial charge on any atom is 0.0366 e. The van der Waals surface area contributed by atoms with Gasteiger partial charge in [-0.1, -0.05) is 32.9 Å². The van der Waals surface area contributed by atoms with E-state index in [1.807, 2.05) is 0 Å². The lowest BCUT2D eigenvalue weighted by Crippen LogP contribution is -2.28.